The number of aryl methyl sites for hydroxylation is 1. The minimum atomic E-state index is -0.611. The molecule has 0 aliphatic rings. The van der Waals surface area contributed by atoms with E-state index < -0.39 is 18.3 Å². The lowest BCUT2D eigenvalue weighted by Crippen LogP contribution is -2.01. The lowest BCUT2D eigenvalue weighted by atomic mass is 10.2. The number of nitrogens with zero attached hydrogens (tertiary/aromatic N) is 2. The lowest BCUT2D eigenvalue weighted by Gasteiger charge is -2.04. The Morgan fingerprint density at radius 2 is 1.84 bits per heavy atom. The van der Waals surface area contributed by atoms with Gasteiger partial charge in [0.2, 0.25) is 0 Å². The van der Waals surface area contributed by atoms with Crippen LogP contribution in [0, 0.1) is 11.6 Å². The number of nitrogens with one attached hydrogen (secondary N) is 1. The maximum atomic E-state index is 12.9. The van der Waals surface area contributed by atoms with E-state index in [9.17, 15) is 13.2 Å². The molecule has 2 aromatic rings. The molecule has 0 radical (unpaired) electrons. The van der Waals surface area contributed by atoms with Crippen LogP contribution >= 0.6 is 12.4 Å². The molecule has 0 bridgehead atoms. The quantitative estimate of drug-likeness (QED) is 0.917. The summed E-state index contributed by atoms with van der Waals surface area (Å²) in [6, 6.07) is 3.33. The normalized spacial score (nSPS) is 10.1. The van der Waals surface area contributed by atoms with Crippen LogP contribution in [0.3, 0.4) is 0 Å². The summed E-state index contributed by atoms with van der Waals surface area (Å²) in [7, 11) is 0. The van der Waals surface area contributed by atoms with Crippen molar-refractivity contribution in [2.45, 2.75) is 13.1 Å². The fraction of sp³-hybridized carbons (Fsp3) is 0.250. The minimum absolute atomic E-state index is 0. The molecule has 3 nitrogen and oxygen atoms in total. The Kier molecular flexibility index (Phi) is 5.69. The third-order valence-electron chi connectivity index (χ3n) is 2.37. The second-order valence-corrected chi connectivity index (χ2v) is 3.81. The highest BCUT2D eigenvalue weighted by Crippen LogP contribution is 2.11. The second kappa shape index (κ2) is 7.04. The van der Waals surface area contributed by atoms with Gasteiger partial charge in [-0.15, -0.1) is 12.4 Å². The number of hydrogen-bond acceptors (Lipinski definition) is 2. The Bertz CT molecular complexity index is 510. The Morgan fingerprint density at radius 3 is 2.47 bits per heavy atom. The first kappa shape index (κ1) is 15.4. The summed E-state index contributed by atoms with van der Waals surface area (Å²) in [5, 5.41) is 6.87. The maximum absolute atomic E-state index is 12.9. The van der Waals surface area contributed by atoms with Crippen molar-refractivity contribution in [1.82, 2.24) is 9.78 Å². The van der Waals surface area contributed by atoms with E-state index in [0.29, 0.717) is 11.3 Å². The molecule has 1 heterocycles. The summed E-state index contributed by atoms with van der Waals surface area (Å²) in [6.07, 6.45) is 3.17. The summed E-state index contributed by atoms with van der Waals surface area (Å²) in [4.78, 5) is 0. The minimum Gasteiger partial charge on any atom is -0.378 e. The highest BCUT2D eigenvalue weighted by molar-refractivity contribution is 5.85. The van der Waals surface area contributed by atoms with Crippen LogP contribution in [0.15, 0.2) is 30.6 Å². The Labute approximate surface area is 114 Å². The van der Waals surface area contributed by atoms with Crippen LogP contribution in [0.1, 0.15) is 5.56 Å². The first-order valence-electron chi connectivity index (χ1n) is 5.44. The molecule has 104 valence electrons. The molecule has 0 amide bonds. The molecule has 7 heteroatoms. The van der Waals surface area contributed by atoms with Crippen molar-refractivity contribution < 1.29 is 13.2 Å². The Balaban J connectivity index is 0.00000180. The van der Waals surface area contributed by atoms with Crippen LogP contribution in [-0.2, 0) is 13.1 Å². The molecule has 0 spiro atoms. The molecule has 0 aliphatic heterocycles. The average molecular weight is 292 g/mol. The molecule has 0 unspecified atom stereocenters. The third kappa shape index (κ3) is 4.48. The number of benzene rings is 1. The van der Waals surface area contributed by atoms with E-state index in [-0.39, 0.29) is 25.5 Å². The van der Waals surface area contributed by atoms with Crippen molar-refractivity contribution in [2.75, 3.05) is 12.0 Å². The zero-order valence-electron chi connectivity index (χ0n) is 9.94. The fourth-order valence-corrected chi connectivity index (χ4v) is 1.58. The van der Waals surface area contributed by atoms with Gasteiger partial charge in [0.1, 0.15) is 18.3 Å². The zero-order valence-corrected chi connectivity index (χ0v) is 10.8. The molecule has 0 saturated heterocycles. The Morgan fingerprint density at radius 1 is 1.16 bits per heavy atom. The summed E-state index contributed by atoms with van der Waals surface area (Å²) < 4.78 is 39.4. The Hall–Kier alpha value is -1.69. The third-order valence-corrected chi connectivity index (χ3v) is 2.37. The molecule has 2 rings (SSSR count). The highest BCUT2D eigenvalue weighted by atomic mass is 35.5. The number of rotatable bonds is 5. The SMILES string of the molecule is Cl.FCCn1cc(NCc2cc(F)cc(F)c2)cn1. The molecule has 1 aromatic carbocycles. The molecule has 0 aliphatic carbocycles. The van der Waals surface area contributed by atoms with E-state index in [0.717, 1.165) is 6.07 Å². The molecular formula is C12H13ClF3N3. The van der Waals surface area contributed by atoms with Gasteiger partial charge in [-0.05, 0) is 17.7 Å². The number of alkyl halides is 1. The van der Waals surface area contributed by atoms with Crippen molar-refractivity contribution in [3.8, 4) is 0 Å². The maximum Gasteiger partial charge on any atom is 0.126 e. The predicted molar refractivity (Wildman–Crippen MR) is 69.1 cm³/mol. The topological polar surface area (TPSA) is 29.9 Å². The van der Waals surface area contributed by atoms with Crippen molar-refractivity contribution >= 4 is 18.1 Å². The van der Waals surface area contributed by atoms with Crippen LogP contribution in [0.5, 0.6) is 0 Å². The van der Waals surface area contributed by atoms with Crippen LogP contribution in [0.25, 0.3) is 0 Å². The fourth-order valence-electron chi connectivity index (χ4n) is 1.58. The lowest BCUT2D eigenvalue weighted by molar-refractivity contribution is 0.427. The molecule has 0 fully saturated rings. The van der Waals surface area contributed by atoms with Gasteiger partial charge in [0.05, 0.1) is 18.4 Å². The van der Waals surface area contributed by atoms with E-state index >= 15 is 0 Å². The van der Waals surface area contributed by atoms with Gasteiger partial charge in [0, 0.05) is 18.8 Å². The summed E-state index contributed by atoms with van der Waals surface area (Å²) in [5.74, 6) is -1.22. The van der Waals surface area contributed by atoms with Gasteiger partial charge in [-0.1, -0.05) is 0 Å². The molecule has 0 atom stereocenters. The van der Waals surface area contributed by atoms with Gasteiger partial charge in [-0.2, -0.15) is 5.10 Å². The molecule has 19 heavy (non-hydrogen) atoms. The number of hydrogen-bond donors (Lipinski definition) is 1. The highest BCUT2D eigenvalue weighted by Gasteiger charge is 2.02. The van der Waals surface area contributed by atoms with Crippen molar-refractivity contribution in [3.05, 3.63) is 47.8 Å². The summed E-state index contributed by atoms with van der Waals surface area (Å²) in [6.45, 7) is -0.0253. The van der Waals surface area contributed by atoms with E-state index in [1.165, 1.54) is 23.0 Å². The van der Waals surface area contributed by atoms with Gasteiger partial charge in [0.15, 0.2) is 0 Å². The first-order chi connectivity index (χ1) is 8.67. The van der Waals surface area contributed by atoms with Gasteiger partial charge in [-0.25, -0.2) is 13.2 Å². The van der Waals surface area contributed by atoms with Gasteiger partial charge >= 0.3 is 0 Å². The van der Waals surface area contributed by atoms with E-state index in [2.05, 4.69) is 10.4 Å². The average Bonchev–Trinajstić information content (AvgIpc) is 2.74. The second-order valence-electron chi connectivity index (χ2n) is 3.81. The largest absolute Gasteiger partial charge is 0.378 e. The molecule has 1 aromatic heterocycles. The standard InChI is InChI=1S/C12H12F3N3.ClH/c13-1-2-18-8-12(7-17-18)16-6-9-3-10(14)5-11(15)4-9;/h3-5,7-8,16H,1-2,6H2;1H. The molecule has 1 N–H and O–H groups in total. The van der Waals surface area contributed by atoms with Gasteiger partial charge < -0.3 is 5.32 Å². The van der Waals surface area contributed by atoms with Crippen molar-refractivity contribution in [3.63, 3.8) is 0 Å². The van der Waals surface area contributed by atoms with E-state index in [1.54, 1.807) is 6.20 Å². The smallest absolute Gasteiger partial charge is 0.126 e. The van der Waals surface area contributed by atoms with Crippen molar-refractivity contribution in [1.29, 1.82) is 0 Å². The van der Waals surface area contributed by atoms with Crippen molar-refractivity contribution in [2.24, 2.45) is 0 Å². The van der Waals surface area contributed by atoms with E-state index in [4.69, 9.17) is 0 Å². The van der Waals surface area contributed by atoms with Crippen LogP contribution in [-0.4, -0.2) is 16.5 Å². The van der Waals surface area contributed by atoms with Gasteiger partial charge in [0.25, 0.3) is 0 Å². The summed E-state index contributed by atoms with van der Waals surface area (Å²) in [5.41, 5.74) is 1.17. The van der Waals surface area contributed by atoms with Crippen LogP contribution < -0.4 is 5.32 Å². The molecule has 0 saturated carbocycles. The number of aromatic nitrogens is 2. The zero-order chi connectivity index (χ0) is 13.0. The van der Waals surface area contributed by atoms with Crippen LogP contribution in [0.4, 0.5) is 18.9 Å². The van der Waals surface area contributed by atoms with Gasteiger partial charge in [-0.3, -0.25) is 4.68 Å². The first-order valence-corrected chi connectivity index (χ1v) is 5.44. The predicted octanol–water partition coefficient (Wildman–Crippen LogP) is 3.16. The van der Waals surface area contributed by atoms with E-state index in [1.807, 2.05) is 0 Å². The van der Waals surface area contributed by atoms with Crippen LogP contribution in [0.2, 0.25) is 0 Å². The monoisotopic (exact) mass is 291 g/mol. The number of anilines is 1. The summed E-state index contributed by atoms with van der Waals surface area (Å²) >= 11 is 0. The number of halogens is 4. The molecular weight excluding hydrogens is 279 g/mol.